The standard InChI is InChI=1S/C29H26ClNO5S/c30-25-8-2-6-23(17-25)28(32)19-31-15-14-20-10-12-26(13-11-20)37(35,36)27-9-3-5-22(18-27)21-4-1-7-24(16-21)29(33)34/h1-13,16-18,28,31-32H,14-15,19H2,(H,33,34)/t28-/m0/s1. The maximum Gasteiger partial charge on any atom is 0.335 e. The van der Waals surface area contributed by atoms with E-state index in [0.29, 0.717) is 35.7 Å². The van der Waals surface area contributed by atoms with E-state index < -0.39 is 21.9 Å². The number of aliphatic hydroxyl groups excluding tert-OH is 1. The Labute approximate surface area is 221 Å². The summed E-state index contributed by atoms with van der Waals surface area (Å²) in [5, 5.41) is 23.3. The predicted molar refractivity (Wildman–Crippen MR) is 144 cm³/mol. The van der Waals surface area contributed by atoms with E-state index in [0.717, 1.165) is 11.1 Å². The van der Waals surface area contributed by atoms with Gasteiger partial charge in [-0.15, -0.1) is 0 Å². The lowest BCUT2D eigenvalue weighted by atomic mass is 10.0. The lowest BCUT2D eigenvalue weighted by Crippen LogP contribution is -2.23. The van der Waals surface area contributed by atoms with E-state index in [1.807, 2.05) is 6.07 Å². The van der Waals surface area contributed by atoms with Crippen molar-refractivity contribution in [2.24, 2.45) is 0 Å². The predicted octanol–water partition coefficient (Wildman–Crippen LogP) is 5.40. The molecule has 0 bridgehead atoms. The Kier molecular flexibility index (Phi) is 8.41. The summed E-state index contributed by atoms with van der Waals surface area (Å²) in [4.78, 5) is 11.6. The number of rotatable bonds is 10. The minimum absolute atomic E-state index is 0.134. The molecule has 1 atom stereocenters. The topological polar surface area (TPSA) is 104 Å². The molecule has 0 saturated heterocycles. The van der Waals surface area contributed by atoms with Crippen LogP contribution in [0.5, 0.6) is 0 Å². The molecule has 0 fully saturated rings. The van der Waals surface area contributed by atoms with Crippen LogP contribution >= 0.6 is 11.6 Å². The van der Waals surface area contributed by atoms with Gasteiger partial charge in [-0.1, -0.05) is 60.1 Å². The van der Waals surface area contributed by atoms with Gasteiger partial charge in [-0.05, 0) is 83.8 Å². The van der Waals surface area contributed by atoms with Crippen molar-refractivity contribution < 1.29 is 23.4 Å². The first-order valence-corrected chi connectivity index (χ1v) is 13.5. The van der Waals surface area contributed by atoms with Crippen LogP contribution in [0.3, 0.4) is 0 Å². The van der Waals surface area contributed by atoms with Gasteiger partial charge in [-0.2, -0.15) is 0 Å². The maximum absolute atomic E-state index is 13.3. The van der Waals surface area contributed by atoms with Gasteiger partial charge in [-0.25, -0.2) is 13.2 Å². The molecule has 37 heavy (non-hydrogen) atoms. The summed E-state index contributed by atoms with van der Waals surface area (Å²) in [6.07, 6.45) is -0.00793. The summed E-state index contributed by atoms with van der Waals surface area (Å²) in [5.41, 5.74) is 3.08. The van der Waals surface area contributed by atoms with Crippen LogP contribution in [0.4, 0.5) is 0 Å². The molecule has 3 N–H and O–H groups in total. The van der Waals surface area contributed by atoms with Crippen molar-refractivity contribution >= 4 is 27.4 Å². The SMILES string of the molecule is O=C(O)c1cccc(-c2cccc(S(=O)(=O)c3ccc(CCNC[C@H](O)c4cccc(Cl)c4)cc3)c2)c1. The Bertz CT molecular complexity index is 1500. The molecular weight excluding hydrogens is 510 g/mol. The Hall–Kier alpha value is -3.49. The third kappa shape index (κ3) is 6.64. The zero-order valence-corrected chi connectivity index (χ0v) is 21.4. The van der Waals surface area contributed by atoms with Gasteiger partial charge in [0.1, 0.15) is 0 Å². The third-order valence-electron chi connectivity index (χ3n) is 5.98. The number of hydrogen-bond acceptors (Lipinski definition) is 5. The zero-order chi connectivity index (χ0) is 26.4. The van der Waals surface area contributed by atoms with Gasteiger partial charge in [0.25, 0.3) is 0 Å². The summed E-state index contributed by atoms with van der Waals surface area (Å²) in [7, 11) is -3.76. The fourth-order valence-corrected chi connectivity index (χ4v) is 5.45. The van der Waals surface area contributed by atoms with E-state index in [2.05, 4.69) is 5.32 Å². The molecule has 0 unspecified atom stereocenters. The summed E-state index contributed by atoms with van der Waals surface area (Å²) < 4.78 is 26.5. The molecule has 190 valence electrons. The molecule has 0 aliphatic carbocycles. The molecule has 0 spiro atoms. The average Bonchev–Trinajstić information content (AvgIpc) is 2.91. The first kappa shape index (κ1) is 26.6. The average molecular weight is 536 g/mol. The zero-order valence-electron chi connectivity index (χ0n) is 19.8. The molecule has 4 rings (SSSR count). The van der Waals surface area contributed by atoms with Crippen LogP contribution < -0.4 is 5.32 Å². The van der Waals surface area contributed by atoms with Crippen LogP contribution in [0.25, 0.3) is 11.1 Å². The molecule has 0 aliphatic heterocycles. The highest BCUT2D eigenvalue weighted by Gasteiger charge is 2.18. The highest BCUT2D eigenvalue weighted by molar-refractivity contribution is 7.91. The largest absolute Gasteiger partial charge is 0.478 e. The second kappa shape index (κ2) is 11.7. The van der Waals surface area contributed by atoms with Crippen molar-refractivity contribution in [3.8, 4) is 11.1 Å². The quantitative estimate of drug-likeness (QED) is 0.235. The molecular formula is C29H26ClNO5S. The number of carboxylic acid groups (broad SMARTS) is 1. The van der Waals surface area contributed by atoms with Crippen molar-refractivity contribution in [3.63, 3.8) is 0 Å². The highest BCUT2D eigenvalue weighted by atomic mass is 35.5. The molecule has 0 saturated carbocycles. The Morgan fingerprint density at radius 3 is 2.22 bits per heavy atom. The number of aliphatic hydroxyl groups is 1. The molecule has 0 aliphatic rings. The molecule has 4 aromatic rings. The normalized spacial score (nSPS) is 12.3. The molecule has 0 radical (unpaired) electrons. The summed E-state index contributed by atoms with van der Waals surface area (Å²) >= 11 is 5.97. The Morgan fingerprint density at radius 2 is 1.51 bits per heavy atom. The van der Waals surface area contributed by atoms with E-state index >= 15 is 0 Å². The van der Waals surface area contributed by atoms with E-state index in [1.165, 1.54) is 18.2 Å². The van der Waals surface area contributed by atoms with Crippen molar-refractivity contribution in [1.82, 2.24) is 5.32 Å². The summed E-state index contributed by atoms with van der Waals surface area (Å²) in [6.45, 7) is 0.986. The first-order chi connectivity index (χ1) is 17.7. The van der Waals surface area contributed by atoms with Crippen molar-refractivity contribution in [1.29, 1.82) is 0 Å². The van der Waals surface area contributed by atoms with Gasteiger partial charge < -0.3 is 15.5 Å². The number of nitrogens with one attached hydrogen (secondary N) is 1. The van der Waals surface area contributed by atoms with Gasteiger partial charge in [0.15, 0.2) is 0 Å². The summed E-state index contributed by atoms with van der Waals surface area (Å²) in [6, 6.07) is 26.7. The van der Waals surface area contributed by atoms with Gasteiger partial charge in [0.05, 0.1) is 21.5 Å². The Morgan fingerprint density at radius 1 is 0.838 bits per heavy atom. The highest BCUT2D eigenvalue weighted by Crippen LogP contribution is 2.27. The lowest BCUT2D eigenvalue weighted by molar-refractivity contribution is 0.0697. The summed E-state index contributed by atoms with van der Waals surface area (Å²) in [5.74, 6) is -1.04. The van der Waals surface area contributed by atoms with E-state index in [1.54, 1.807) is 72.8 Å². The second-order valence-corrected chi connectivity index (χ2v) is 11.0. The van der Waals surface area contributed by atoms with Crippen molar-refractivity contribution in [2.45, 2.75) is 22.3 Å². The number of carboxylic acids is 1. The number of hydrogen-bond donors (Lipinski definition) is 3. The minimum atomic E-state index is -3.76. The molecule has 0 heterocycles. The lowest BCUT2D eigenvalue weighted by Gasteiger charge is -2.13. The van der Waals surface area contributed by atoms with Crippen LogP contribution in [0.1, 0.15) is 27.6 Å². The van der Waals surface area contributed by atoms with Crippen LogP contribution in [0.15, 0.2) is 107 Å². The van der Waals surface area contributed by atoms with Crippen LogP contribution in [0.2, 0.25) is 5.02 Å². The van der Waals surface area contributed by atoms with Crippen LogP contribution in [0, 0.1) is 0 Å². The molecule has 0 amide bonds. The van der Waals surface area contributed by atoms with Gasteiger partial charge >= 0.3 is 5.97 Å². The van der Waals surface area contributed by atoms with Gasteiger partial charge in [-0.3, -0.25) is 0 Å². The molecule has 6 nitrogen and oxygen atoms in total. The number of carbonyl (C=O) groups is 1. The number of halogens is 1. The maximum atomic E-state index is 13.3. The number of sulfone groups is 1. The van der Waals surface area contributed by atoms with Crippen LogP contribution in [-0.2, 0) is 16.3 Å². The number of benzene rings is 4. The van der Waals surface area contributed by atoms with E-state index in [-0.39, 0.29) is 15.4 Å². The smallest absolute Gasteiger partial charge is 0.335 e. The molecule has 4 aromatic carbocycles. The van der Waals surface area contributed by atoms with Crippen molar-refractivity contribution in [2.75, 3.05) is 13.1 Å². The third-order valence-corrected chi connectivity index (χ3v) is 7.98. The van der Waals surface area contributed by atoms with Gasteiger partial charge in [0, 0.05) is 11.6 Å². The Balaban J connectivity index is 1.40. The number of aromatic carboxylic acids is 1. The van der Waals surface area contributed by atoms with Crippen LogP contribution in [-0.4, -0.2) is 37.7 Å². The monoisotopic (exact) mass is 535 g/mol. The van der Waals surface area contributed by atoms with Gasteiger partial charge in [0.2, 0.25) is 9.84 Å². The first-order valence-electron chi connectivity index (χ1n) is 11.7. The molecule has 0 aromatic heterocycles. The van der Waals surface area contributed by atoms with E-state index in [4.69, 9.17) is 11.6 Å². The minimum Gasteiger partial charge on any atom is -0.478 e. The second-order valence-electron chi connectivity index (χ2n) is 8.59. The molecule has 8 heteroatoms. The van der Waals surface area contributed by atoms with E-state index in [9.17, 15) is 23.4 Å². The van der Waals surface area contributed by atoms with Crippen molar-refractivity contribution in [3.05, 3.63) is 119 Å². The fraction of sp³-hybridized carbons (Fsp3) is 0.138. The fourth-order valence-electron chi connectivity index (χ4n) is 3.95.